The first-order valence-electron chi connectivity index (χ1n) is 9.23. The molecule has 2 atom stereocenters. The van der Waals surface area contributed by atoms with Gasteiger partial charge in [-0.15, -0.1) is 0 Å². The fraction of sp³-hybridized carbons (Fsp3) is 0.632. The Morgan fingerprint density at radius 2 is 1.47 bits per heavy atom. The van der Waals surface area contributed by atoms with Gasteiger partial charge in [-0.25, -0.2) is 9.59 Å². The van der Waals surface area contributed by atoms with E-state index in [1.165, 1.54) is 13.8 Å². The van der Waals surface area contributed by atoms with E-state index >= 15 is 0 Å². The first-order chi connectivity index (χ1) is 13.4. The van der Waals surface area contributed by atoms with Gasteiger partial charge in [0, 0.05) is 12.2 Å². The van der Waals surface area contributed by atoms with E-state index in [9.17, 15) is 22.8 Å². The Kier molecular flexibility index (Phi) is 14.9. The highest BCUT2D eigenvalue weighted by Gasteiger charge is 2.53. The van der Waals surface area contributed by atoms with Gasteiger partial charge in [-0.05, 0) is 20.3 Å². The quantitative estimate of drug-likeness (QED) is 0.102. The van der Waals surface area contributed by atoms with Crippen LogP contribution in [0.15, 0.2) is 25.3 Å². The summed E-state index contributed by atoms with van der Waals surface area (Å²) in [5, 5.41) is 0. The van der Waals surface area contributed by atoms with Gasteiger partial charge in [-0.1, -0.05) is 45.8 Å². The van der Waals surface area contributed by atoms with E-state index in [0.29, 0.717) is 6.42 Å². The number of esters is 3. The van der Waals surface area contributed by atoms with E-state index in [4.69, 9.17) is 18.8 Å². The van der Waals surface area contributed by atoms with Gasteiger partial charge in [0.05, 0.1) is 0 Å². The number of hydrogen-bond donors (Lipinski definition) is 1. The summed E-state index contributed by atoms with van der Waals surface area (Å²) in [6.07, 6.45) is 2.58. The third-order valence-electron chi connectivity index (χ3n) is 4.53. The molecular weight excluding hydrogens is 429 g/mol. The molecule has 0 aromatic rings. The van der Waals surface area contributed by atoms with E-state index < -0.39 is 51.6 Å². The zero-order chi connectivity index (χ0) is 22.7. The zero-order valence-electron chi connectivity index (χ0n) is 17.1. The largest absolute Gasteiger partial charge is 0.458 e. The van der Waals surface area contributed by atoms with Crippen LogP contribution in [0.25, 0.3) is 0 Å². The lowest BCUT2D eigenvalue weighted by Crippen LogP contribution is -2.53. The van der Waals surface area contributed by atoms with Gasteiger partial charge in [0.25, 0.3) is 0 Å². The maximum Gasteiger partial charge on any atom is 0.330 e. The molecule has 11 heteroatoms. The summed E-state index contributed by atoms with van der Waals surface area (Å²) >= 11 is 0. The molecule has 30 heavy (non-hydrogen) atoms. The third kappa shape index (κ3) is 10.1. The maximum atomic E-state index is 13.0. The van der Waals surface area contributed by atoms with Crippen molar-refractivity contribution in [1.29, 1.82) is 0 Å². The van der Waals surface area contributed by atoms with E-state index in [-0.39, 0.29) is 29.5 Å². The first-order valence-corrected chi connectivity index (χ1v) is 10.8. The summed E-state index contributed by atoms with van der Waals surface area (Å²) in [5.41, 5.74) is -1.71. The summed E-state index contributed by atoms with van der Waals surface area (Å²) in [6.45, 7) is 11.4. The second-order valence-corrected chi connectivity index (χ2v) is 7.95. The molecule has 0 aliphatic rings. The molecule has 0 spiro atoms. The Hall–Kier alpha value is -1.43. The van der Waals surface area contributed by atoms with Crippen molar-refractivity contribution in [3.8, 4) is 0 Å². The second-order valence-electron chi connectivity index (χ2n) is 6.55. The van der Waals surface area contributed by atoms with Gasteiger partial charge in [-0.3, -0.25) is 9.35 Å². The number of carbonyl (C=O) groups is 3. The summed E-state index contributed by atoms with van der Waals surface area (Å²) < 4.78 is 46.2. The van der Waals surface area contributed by atoms with Crippen LogP contribution in [0.4, 0.5) is 0 Å². The molecule has 0 radical (unpaired) electrons. The highest BCUT2D eigenvalue weighted by Crippen LogP contribution is 2.39. The van der Waals surface area contributed by atoms with Gasteiger partial charge in [0.1, 0.15) is 17.6 Å². The molecule has 0 bridgehead atoms. The zero-order valence-corrected chi connectivity index (χ0v) is 17.9. The Morgan fingerprint density at radius 3 is 1.83 bits per heavy atom. The minimum absolute atomic E-state index is 0. The van der Waals surface area contributed by atoms with Crippen LogP contribution in [0.5, 0.6) is 0 Å². The van der Waals surface area contributed by atoms with Crippen molar-refractivity contribution in [2.24, 2.45) is 5.41 Å². The normalized spacial score (nSPS) is 14.8. The first kappa shape index (κ1) is 30.8. The summed E-state index contributed by atoms with van der Waals surface area (Å²) in [5.74, 6) is -4.01. The molecule has 2 unspecified atom stereocenters. The maximum absolute atomic E-state index is 13.0. The van der Waals surface area contributed by atoms with E-state index in [0.717, 1.165) is 31.4 Å². The second kappa shape index (κ2) is 14.6. The molecule has 0 aliphatic heterocycles. The van der Waals surface area contributed by atoms with Gasteiger partial charge in [0.15, 0.2) is 0 Å². The molecule has 0 aromatic carbocycles. The van der Waals surface area contributed by atoms with Crippen LogP contribution in [-0.2, 0) is 38.7 Å². The number of ether oxygens (including phenoxy) is 3. The average molecular weight is 461 g/mol. The predicted molar refractivity (Wildman–Crippen MR) is 114 cm³/mol. The van der Waals surface area contributed by atoms with Gasteiger partial charge in [0.2, 0.25) is 5.94 Å². The SMILES string of the molecule is C=CC(=O)OC(C)C(CCCCCC)(C(=O)OCS(=O)(=O)O)C(C)OC(=O)C=C.[MgH2]. The van der Waals surface area contributed by atoms with Crippen LogP contribution < -0.4 is 0 Å². The Labute approximate surface area is 194 Å². The molecule has 1 N–H and O–H groups in total. The lowest BCUT2D eigenvalue weighted by molar-refractivity contribution is -0.186. The number of rotatable bonds is 14. The molecule has 0 aromatic heterocycles. The Balaban J connectivity index is 0. The van der Waals surface area contributed by atoms with Crippen LogP contribution in [0.3, 0.4) is 0 Å². The van der Waals surface area contributed by atoms with Crippen LogP contribution in [0.1, 0.15) is 52.9 Å². The minimum Gasteiger partial charge on any atom is -0.458 e. The predicted octanol–water partition coefficient (Wildman–Crippen LogP) is 1.65. The number of hydrogen-bond acceptors (Lipinski definition) is 8. The van der Waals surface area contributed by atoms with Crippen molar-refractivity contribution in [1.82, 2.24) is 0 Å². The number of carbonyl (C=O) groups excluding carboxylic acids is 3. The van der Waals surface area contributed by atoms with Crippen molar-refractivity contribution >= 4 is 51.1 Å². The lowest BCUT2D eigenvalue weighted by atomic mass is 9.73. The minimum atomic E-state index is -4.61. The summed E-state index contributed by atoms with van der Waals surface area (Å²) in [7, 11) is -4.61. The molecule has 170 valence electrons. The molecule has 0 saturated heterocycles. The highest BCUT2D eigenvalue weighted by molar-refractivity contribution is 7.85. The molecule has 0 amide bonds. The molecule has 0 rings (SSSR count). The molecule has 0 aliphatic carbocycles. The molecular formula is C19H32MgO9S. The highest BCUT2D eigenvalue weighted by atomic mass is 32.2. The van der Waals surface area contributed by atoms with Crippen molar-refractivity contribution < 1.29 is 41.6 Å². The fourth-order valence-corrected chi connectivity index (χ4v) is 3.19. The van der Waals surface area contributed by atoms with Crippen molar-refractivity contribution in [3.63, 3.8) is 0 Å². The lowest BCUT2D eigenvalue weighted by Gasteiger charge is -2.39. The summed E-state index contributed by atoms with van der Waals surface area (Å²) in [4.78, 5) is 36.4. The van der Waals surface area contributed by atoms with Crippen LogP contribution in [-0.4, -0.2) is 72.1 Å². The standard InChI is InChI=1S/C19H30O9S.Mg.2H/c1-6-9-10-11-12-19(14(4)27-16(20)7-2,15(5)28-17(21)8-3)18(22)26-13-29(23,24)25;;;/h7-8,14-15H,2-3,6,9-13H2,1,4-5H3,(H,23,24,25);;;. The smallest absolute Gasteiger partial charge is 0.330 e. The molecule has 0 heterocycles. The Bertz CT molecular complexity index is 675. The summed E-state index contributed by atoms with van der Waals surface area (Å²) in [6, 6.07) is 0. The van der Waals surface area contributed by atoms with Gasteiger partial charge < -0.3 is 14.2 Å². The van der Waals surface area contributed by atoms with E-state index in [1.54, 1.807) is 0 Å². The average Bonchev–Trinajstić information content (AvgIpc) is 2.65. The van der Waals surface area contributed by atoms with Crippen LogP contribution in [0, 0.1) is 5.41 Å². The Morgan fingerprint density at radius 1 is 1.00 bits per heavy atom. The van der Waals surface area contributed by atoms with Crippen LogP contribution in [0.2, 0.25) is 0 Å². The van der Waals surface area contributed by atoms with Crippen molar-refractivity contribution in [3.05, 3.63) is 25.3 Å². The van der Waals surface area contributed by atoms with E-state index in [2.05, 4.69) is 13.2 Å². The fourth-order valence-electron chi connectivity index (χ4n) is 2.93. The third-order valence-corrected chi connectivity index (χ3v) is 4.95. The van der Waals surface area contributed by atoms with Crippen molar-refractivity contribution in [2.45, 2.75) is 65.1 Å². The molecule has 9 nitrogen and oxygen atoms in total. The van der Waals surface area contributed by atoms with Gasteiger partial charge in [-0.2, -0.15) is 8.42 Å². The monoisotopic (exact) mass is 460 g/mol. The molecule has 0 saturated carbocycles. The molecule has 0 fully saturated rings. The topological polar surface area (TPSA) is 133 Å². The van der Waals surface area contributed by atoms with Gasteiger partial charge >= 0.3 is 51.1 Å². The van der Waals surface area contributed by atoms with E-state index in [1.807, 2.05) is 6.92 Å². The number of unbranched alkanes of at least 4 members (excludes halogenated alkanes) is 3. The van der Waals surface area contributed by atoms with Crippen molar-refractivity contribution in [2.75, 3.05) is 5.94 Å². The van der Waals surface area contributed by atoms with Crippen LogP contribution >= 0.6 is 0 Å².